The molecule has 0 aliphatic carbocycles. The Morgan fingerprint density at radius 1 is 1.04 bits per heavy atom. The first kappa shape index (κ1) is 17.8. The second kappa shape index (κ2) is 7.51. The van der Waals surface area contributed by atoms with E-state index in [9.17, 15) is 23.5 Å². The molecule has 2 aromatic rings. The van der Waals surface area contributed by atoms with Crippen molar-refractivity contribution in [3.8, 4) is 5.75 Å². The minimum atomic E-state index is -0.908. The molecule has 0 saturated carbocycles. The van der Waals surface area contributed by atoms with E-state index in [1.54, 1.807) is 23.1 Å². The number of amides is 2. The van der Waals surface area contributed by atoms with Gasteiger partial charge in [-0.2, -0.15) is 0 Å². The van der Waals surface area contributed by atoms with Gasteiger partial charge >= 0.3 is 0 Å². The summed E-state index contributed by atoms with van der Waals surface area (Å²) >= 11 is 0. The van der Waals surface area contributed by atoms with Gasteiger partial charge in [0.25, 0.3) is 11.8 Å². The van der Waals surface area contributed by atoms with Crippen LogP contribution in [0.25, 0.3) is 0 Å². The number of piperidine rings is 1. The van der Waals surface area contributed by atoms with Crippen LogP contribution in [0.1, 0.15) is 33.6 Å². The summed E-state index contributed by atoms with van der Waals surface area (Å²) in [5.74, 6) is -2.59. The van der Waals surface area contributed by atoms with Crippen molar-refractivity contribution < 1.29 is 23.5 Å². The van der Waals surface area contributed by atoms with Crippen molar-refractivity contribution >= 4 is 11.8 Å². The van der Waals surface area contributed by atoms with Crippen molar-refractivity contribution in [3.63, 3.8) is 0 Å². The lowest BCUT2D eigenvalue weighted by Crippen LogP contribution is -2.46. The number of rotatable bonds is 3. The number of halogens is 2. The van der Waals surface area contributed by atoms with Gasteiger partial charge in [0, 0.05) is 25.2 Å². The maximum Gasteiger partial charge on any atom is 0.257 e. The molecule has 0 spiro atoms. The highest BCUT2D eigenvalue weighted by Gasteiger charge is 2.26. The number of phenols is 1. The highest BCUT2D eigenvalue weighted by Crippen LogP contribution is 2.21. The molecule has 3 rings (SSSR count). The molecular weight excluding hydrogens is 342 g/mol. The van der Waals surface area contributed by atoms with Crippen LogP contribution < -0.4 is 5.32 Å². The standard InChI is InChI=1S/C19H18F2N2O3/c20-12-5-6-14(16(21)11-12)18(25)22-13-7-9-23(10-8-13)19(26)15-3-1-2-4-17(15)24/h1-6,11,13,24H,7-10H2,(H,22,25). The Bertz CT molecular complexity index is 833. The van der Waals surface area contributed by atoms with Gasteiger partial charge in [0.2, 0.25) is 0 Å². The van der Waals surface area contributed by atoms with Crippen LogP contribution in [-0.2, 0) is 0 Å². The largest absolute Gasteiger partial charge is 0.507 e. The highest BCUT2D eigenvalue weighted by atomic mass is 19.1. The molecule has 0 atom stereocenters. The Balaban J connectivity index is 1.58. The summed E-state index contributed by atoms with van der Waals surface area (Å²) in [4.78, 5) is 26.2. The minimum absolute atomic E-state index is 0.0697. The number of carbonyl (C=O) groups excluding carboxylic acids is 2. The predicted octanol–water partition coefficient (Wildman–Crippen LogP) is 2.71. The summed E-state index contributed by atoms with van der Waals surface area (Å²) in [6.45, 7) is 0.814. The second-order valence-corrected chi connectivity index (χ2v) is 6.18. The lowest BCUT2D eigenvalue weighted by molar-refractivity contribution is 0.0695. The minimum Gasteiger partial charge on any atom is -0.507 e. The number of aromatic hydroxyl groups is 1. The predicted molar refractivity (Wildman–Crippen MR) is 90.9 cm³/mol. The smallest absolute Gasteiger partial charge is 0.257 e. The zero-order valence-electron chi connectivity index (χ0n) is 13.9. The first-order chi connectivity index (χ1) is 12.5. The van der Waals surface area contributed by atoms with Crippen LogP contribution >= 0.6 is 0 Å². The zero-order valence-corrected chi connectivity index (χ0v) is 13.9. The Labute approximate surface area is 149 Å². The molecule has 7 heteroatoms. The molecule has 1 aliphatic rings. The van der Waals surface area contributed by atoms with Crippen LogP contribution in [0.3, 0.4) is 0 Å². The number of benzene rings is 2. The highest BCUT2D eigenvalue weighted by molar-refractivity contribution is 5.97. The van der Waals surface area contributed by atoms with E-state index in [4.69, 9.17) is 0 Å². The topological polar surface area (TPSA) is 69.6 Å². The average Bonchev–Trinajstić information content (AvgIpc) is 2.62. The molecule has 136 valence electrons. The fourth-order valence-electron chi connectivity index (χ4n) is 2.99. The lowest BCUT2D eigenvalue weighted by atomic mass is 10.0. The van der Waals surface area contributed by atoms with Crippen molar-refractivity contribution in [1.29, 1.82) is 0 Å². The molecule has 1 saturated heterocycles. The third-order valence-electron chi connectivity index (χ3n) is 4.43. The van der Waals surface area contributed by atoms with Crippen molar-refractivity contribution in [2.24, 2.45) is 0 Å². The zero-order chi connectivity index (χ0) is 18.7. The first-order valence-corrected chi connectivity index (χ1v) is 8.29. The molecule has 2 aromatic carbocycles. The molecule has 5 nitrogen and oxygen atoms in total. The molecule has 1 heterocycles. The van der Waals surface area contributed by atoms with E-state index in [2.05, 4.69) is 5.32 Å². The average molecular weight is 360 g/mol. The maximum absolute atomic E-state index is 13.7. The monoisotopic (exact) mass is 360 g/mol. The number of phenolic OH excluding ortho intramolecular Hbond substituents is 1. The molecule has 2 amide bonds. The summed E-state index contributed by atoms with van der Waals surface area (Å²) in [5.41, 5.74) is 0.0301. The molecule has 0 radical (unpaired) electrons. The summed E-state index contributed by atoms with van der Waals surface area (Å²) in [5, 5.41) is 12.5. The van der Waals surface area contributed by atoms with E-state index in [0.29, 0.717) is 32.0 Å². The van der Waals surface area contributed by atoms with Crippen molar-refractivity contribution in [1.82, 2.24) is 10.2 Å². The maximum atomic E-state index is 13.7. The molecule has 0 unspecified atom stereocenters. The summed E-state index contributed by atoms with van der Waals surface area (Å²) in [6, 6.07) is 8.94. The number of nitrogens with zero attached hydrogens (tertiary/aromatic N) is 1. The molecular formula is C19H18F2N2O3. The van der Waals surface area contributed by atoms with Gasteiger partial charge in [-0.25, -0.2) is 8.78 Å². The number of likely N-dealkylation sites (tertiary alicyclic amines) is 1. The van der Waals surface area contributed by atoms with Crippen LogP contribution in [0.15, 0.2) is 42.5 Å². The van der Waals surface area contributed by atoms with Crippen LogP contribution in [0, 0.1) is 11.6 Å². The molecule has 26 heavy (non-hydrogen) atoms. The van der Waals surface area contributed by atoms with Crippen LogP contribution in [0.4, 0.5) is 8.78 Å². The van der Waals surface area contributed by atoms with E-state index < -0.39 is 17.5 Å². The van der Waals surface area contributed by atoms with Crippen LogP contribution in [-0.4, -0.2) is 41.0 Å². The van der Waals surface area contributed by atoms with Crippen molar-refractivity contribution in [2.75, 3.05) is 13.1 Å². The third-order valence-corrected chi connectivity index (χ3v) is 4.43. The lowest BCUT2D eigenvalue weighted by Gasteiger charge is -2.32. The van der Waals surface area contributed by atoms with Gasteiger partial charge in [-0.15, -0.1) is 0 Å². The first-order valence-electron chi connectivity index (χ1n) is 8.29. The second-order valence-electron chi connectivity index (χ2n) is 6.18. The fraction of sp³-hybridized carbons (Fsp3) is 0.263. The van der Waals surface area contributed by atoms with E-state index in [0.717, 1.165) is 12.1 Å². The van der Waals surface area contributed by atoms with Gasteiger partial charge in [-0.1, -0.05) is 12.1 Å². The number of hydrogen-bond acceptors (Lipinski definition) is 3. The van der Waals surface area contributed by atoms with Crippen LogP contribution in [0.5, 0.6) is 5.75 Å². The summed E-state index contributed by atoms with van der Waals surface area (Å²) in [7, 11) is 0. The van der Waals surface area contributed by atoms with E-state index in [1.165, 1.54) is 6.07 Å². The van der Waals surface area contributed by atoms with Crippen molar-refractivity contribution in [3.05, 3.63) is 65.2 Å². The molecule has 0 bridgehead atoms. The molecule has 1 aliphatic heterocycles. The Kier molecular flexibility index (Phi) is 5.16. The van der Waals surface area contributed by atoms with E-state index >= 15 is 0 Å². The van der Waals surface area contributed by atoms with Gasteiger partial charge in [0.1, 0.15) is 17.4 Å². The van der Waals surface area contributed by atoms with Crippen LogP contribution in [0.2, 0.25) is 0 Å². The molecule has 0 aromatic heterocycles. The molecule has 2 N–H and O–H groups in total. The fourth-order valence-corrected chi connectivity index (χ4v) is 2.99. The normalized spacial score (nSPS) is 14.9. The number of para-hydroxylation sites is 1. The van der Waals surface area contributed by atoms with Gasteiger partial charge in [0.15, 0.2) is 0 Å². The quantitative estimate of drug-likeness (QED) is 0.884. The molecule has 1 fully saturated rings. The van der Waals surface area contributed by atoms with Gasteiger partial charge in [0.05, 0.1) is 11.1 Å². The Morgan fingerprint density at radius 2 is 1.73 bits per heavy atom. The van der Waals surface area contributed by atoms with Gasteiger partial charge in [-0.3, -0.25) is 9.59 Å². The number of hydrogen-bond donors (Lipinski definition) is 2. The Hall–Kier alpha value is -2.96. The SMILES string of the molecule is O=C(NC1CCN(C(=O)c2ccccc2O)CC1)c1ccc(F)cc1F. The third kappa shape index (κ3) is 3.82. The summed E-state index contributed by atoms with van der Waals surface area (Å²) in [6.07, 6.45) is 1.02. The number of carbonyl (C=O) groups is 2. The van der Waals surface area contributed by atoms with Gasteiger partial charge in [-0.05, 0) is 37.1 Å². The summed E-state index contributed by atoms with van der Waals surface area (Å²) < 4.78 is 26.6. The van der Waals surface area contributed by atoms with Crippen molar-refractivity contribution in [2.45, 2.75) is 18.9 Å². The Morgan fingerprint density at radius 3 is 2.38 bits per heavy atom. The van der Waals surface area contributed by atoms with E-state index in [1.807, 2.05) is 0 Å². The van der Waals surface area contributed by atoms with E-state index in [-0.39, 0.29) is 28.8 Å². The number of nitrogens with one attached hydrogen (secondary N) is 1. The van der Waals surface area contributed by atoms with Gasteiger partial charge < -0.3 is 15.3 Å².